The molecule has 1 saturated carbocycles. The maximum absolute atomic E-state index is 16.6. The quantitative estimate of drug-likeness (QED) is 0.297. The Morgan fingerprint density at radius 3 is 2.68 bits per heavy atom. The summed E-state index contributed by atoms with van der Waals surface area (Å²) in [5.74, 6) is 0.634. The number of aromatic nitrogens is 1. The second-order valence-corrected chi connectivity index (χ2v) is 11.5. The molecule has 2 bridgehead atoms. The predicted molar refractivity (Wildman–Crippen MR) is 153 cm³/mol. The Kier molecular flexibility index (Phi) is 5.37. The maximum Gasteiger partial charge on any atom is 0.158 e. The van der Waals surface area contributed by atoms with Gasteiger partial charge in [0.2, 0.25) is 0 Å². The minimum atomic E-state index is -0.521. The minimum Gasteiger partial charge on any atom is -0.508 e. The number of pyridine rings is 1. The van der Waals surface area contributed by atoms with E-state index < -0.39 is 5.82 Å². The third-order valence-corrected chi connectivity index (χ3v) is 8.95. The van der Waals surface area contributed by atoms with Crippen molar-refractivity contribution in [1.29, 1.82) is 0 Å². The van der Waals surface area contributed by atoms with Crippen molar-refractivity contribution in [3.8, 4) is 16.9 Å². The number of nitrogens with one attached hydrogen (secondary N) is 2. The van der Waals surface area contributed by atoms with Crippen LogP contribution in [0, 0.1) is 11.7 Å². The fourth-order valence-electron chi connectivity index (χ4n) is 6.29. The molecule has 196 valence electrons. The van der Waals surface area contributed by atoms with Gasteiger partial charge in [-0.2, -0.15) is 0 Å². The van der Waals surface area contributed by atoms with Crippen LogP contribution in [0.25, 0.3) is 32.8 Å². The first-order valence-electron chi connectivity index (χ1n) is 13.0. The summed E-state index contributed by atoms with van der Waals surface area (Å²) in [5, 5.41) is 20.0. The molecule has 3 aromatic carbocycles. The number of rotatable bonds is 5. The van der Waals surface area contributed by atoms with Gasteiger partial charge in [0.1, 0.15) is 11.3 Å². The van der Waals surface area contributed by atoms with E-state index in [9.17, 15) is 5.11 Å². The molecule has 3 saturated heterocycles. The molecule has 0 unspecified atom stereocenters. The highest BCUT2D eigenvalue weighted by molar-refractivity contribution is 6.35. The lowest BCUT2D eigenvalue weighted by atomic mass is 9.80. The lowest BCUT2D eigenvalue weighted by Crippen LogP contribution is -2.58. The maximum atomic E-state index is 16.6. The highest BCUT2D eigenvalue weighted by Gasteiger charge is 2.47. The average molecular weight is 533 g/mol. The van der Waals surface area contributed by atoms with Gasteiger partial charge in [0.25, 0.3) is 0 Å². The van der Waals surface area contributed by atoms with Gasteiger partial charge in [0.05, 0.1) is 16.4 Å². The highest BCUT2D eigenvalue weighted by atomic mass is 35.5. The number of nitrogen functional groups attached to an aromatic ring is 1. The number of likely N-dealkylation sites (N-methyl/N-ethyl adjacent to an activating group) is 1. The van der Waals surface area contributed by atoms with E-state index in [4.69, 9.17) is 22.3 Å². The normalized spacial score (nSPS) is 22.8. The van der Waals surface area contributed by atoms with Crippen LogP contribution >= 0.6 is 11.6 Å². The topological polar surface area (TPSA) is 89.7 Å². The second-order valence-electron chi connectivity index (χ2n) is 11.1. The van der Waals surface area contributed by atoms with Crippen LogP contribution in [-0.4, -0.2) is 66.8 Å². The van der Waals surface area contributed by atoms with Crippen molar-refractivity contribution in [2.75, 3.05) is 49.7 Å². The summed E-state index contributed by atoms with van der Waals surface area (Å²) in [7, 11) is 4.11. The van der Waals surface area contributed by atoms with Crippen molar-refractivity contribution in [2.45, 2.75) is 24.5 Å². The van der Waals surface area contributed by atoms with E-state index >= 15 is 4.39 Å². The molecule has 1 aliphatic carbocycles. The van der Waals surface area contributed by atoms with Crippen molar-refractivity contribution in [2.24, 2.45) is 5.92 Å². The number of nitrogens with zero attached hydrogens (tertiary/aromatic N) is 3. The van der Waals surface area contributed by atoms with Crippen LogP contribution in [0.1, 0.15) is 6.42 Å². The zero-order valence-corrected chi connectivity index (χ0v) is 22.1. The summed E-state index contributed by atoms with van der Waals surface area (Å²) in [6.45, 7) is 2.51. The lowest BCUT2D eigenvalue weighted by molar-refractivity contribution is 0.246. The van der Waals surface area contributed by atoms with Crippen molar-refractivity contribution in [3.63, 3.8) is 0 Å². The van der Waals surface area contributed by atoms with Gasteiger partial charge in [-0.3, -0.25) is 0 Å². The SMILES string of the molecule is CN(C)C1CN(c2nc3c(F)c(-c4cc(O)cc5ccccc45)c(Cl)cc3c(N[C@H]3[C@H]4CN[C@@H]3C4)c2N)C1. The lowest BCUT2D eigenvalue weighted by Gasteiger charge is -2.44. The summed E-state index contributed by atoms with van der Waals surface area (Å²) < 4.78 is 16.6. The number of halogens is 2. The van der Waals surface area contributed by atoms with E-state index in [-0.39, 0.29) is 27.9 Å². The Morgan fingerprint density at radius 1 is 1.18 bits per heavy atom. The van der Waals surface area contributed by atoms with Gasteiger partial charge >= 0.3 is 0 Å². The van der Waals surface area contributed by atoms with Crippen molar-refractivity contribution in [3.05, 3.63) is 53.3 Å². The van der Waals surface area contributed by atoms with Crippen molar-refractivity contribution < 1.29 is 9.50 Å². The number of phenolic OH excluding ortho intramolecular Hbond substituents is 1. The van der Waals surface area contributed by atoms with Gasteiger partial charge in [0, 0.05) is 48.7 Å². The van der Waals surface area contributed by atoms with Crippen molar-refractivity contribution in [1.82, 2.24) is 15.2 Å². The zero-order chi connectivity index (χ0) is 26.3. The number of benzene rings is 3. The zero-order valence-electron chi connectivity index (χ0n) is 21.3. The third kappa shape index (κ3) is 3.51. The molecule has 38 heavy (non-hydrogen) atoms. The summed E-state index contributed by atoms with van der Waals surface area (Å²) in [4.78, 5) is 9.10. The van der Waals surface area contributed by atoms with Gasteiger partial charge in [-0.05, 0) is 61.0 Å². The first-order chi connectivity index (χ1) is 18.3. The van der Waals surface area contributed by atoms with E-state index in [0.29, 0.717) is 46.1 Å². The minimum absolute atomic E-state index is 0.0471. The summed E-state index contributed by atoms with van der Waals surface area (Å²) in [5.41, 5.74) is 8.94. The Morgan fingerprint density at radius 2 is 1.97 bits per heavy atom. The molecular weight excluding hydrogens is 503 g/mol. The van der Waals surface area contributed by atoms with Gasteiger partial charge < -0.3 is 31.3 Å². The third-order valence-electron chi connectivity index (χ3n) is 8.65. The largest absolute Gasteiger partial charge is 0.508 e. The highest BCUT2D eigenvalue weighted by Crippen LogP contribution is 2.47. The first-order valence-corrected chi connectivity index (χ1v) is 13.4. The molecule has 0 spiro atoms. The van der Waals surface area contributed by atoms with Gasteiger partial charge in [-0.25, -0.2) is 9.37 Å². The fourth-order valence-corrected chi connectivity index (χ4v) is 6.59. The summed E-state index contributed by atoms with van der Waals surface area (Å²) >= 11 is 6.82. The van der Waals surface area contributed by atoms with E-state index in [1.165, 1.54) is 0 Å². The van der Waals surface area contributed by atoms with Crippen molar-refractivity contribution >= 4 is 50.5 Å². The molecule has 4 aliphatic rings. The van der Waals surface area contributed by atoms with Crippen LogP contribution in [0.2, 0.25) is 5.02 Å². The van der Waals surface area contributed by atoms with Gasteiger partial charge in [-0.1, -0.05) is 35.9 Å². The molecule has 5 N–H and O–H groups in total. The van der Waals surface area contributed by atoms with Gasteiger partial charge in [-0.15, -0.1) is 0 Å². The molecule has 1 aromatic heterocycles. The van der Waals surface area contributed by atoms with Crippen LogP contribution in [0.4, 0.5) is 21.6 Å². The number of nitrogens with two attached hydrogens (primary N) is 1. The molecule has 0 radical (unpaired) electrons. The van der Waals surface area contributed by atoms with E-state index in [1.807, 2.05) is 24.3 Å². The van der Waals surface area contributed by atoms with Crippen LogP contribution in [0.5, 0.6) is 5.75 Å². The standard InChI is InChI=1S/C29H30ClFN6O/c1-36(2)16-12-37(13-16)29-25(32)28(34-26-15-8-22(26)33-11-15)20-10-21(30)23(24(31)27(20)35-29)19-9-17(38)7-14-5-3-4-6-18(14)19/h3-7,9-10,15-16,22,26,33,38H,8,11-13,32H2,1-2H3,(H,34,35)/t15-,22-,26+/m1/s1. The fraction of sp³-hybridized carbons (Fsp3) is 0.345. The molecule has 4 fully saturated rings. The Hall–Kier alpha value is -3.33. The molecular formula is C29H30ClFN6O. The van der Waals surface area contributed by atoms with Crippen LogP contribution in [0.15, 0.2) is 42.5 Å². The molecule has 4 heterocycles. The molecule has 3 aliphatic heterocycles. The van der Waals surface area contributed by atoms with Crippen LogP contribution < -0.4 is 21.3 Å². The average Bonchev–Trinajstić information content (AvgIpc) is 3.48. The van der Waals surface area contributed by atoms with E-state index in [0.717, 1.165) is 36.8 Å². The second kappa shape index (κ2) is 8.59. The Balaban J connectivity index is 1.43. The monoisotopic (exact) mass is 532 g/mol. The Bertz CT molecular complexity index is 1590. The number of hydrogen-bond donors (Lipinski definition) is 4. The molecule has 3 atom stereocenters. The smallest absolute Gasteiger partial charge is 0.158 e. The number of phenols is 1. The van der Waals surface area contributed by atoms with Crippen LogP contribution in [0.3, 0.4) is 0 Å². The molecule has 0 amide bonds. The van der Waals surface area contributed by atoms with E-state index in [1.54, 1.807) is 18.2 Å². The first kappa shape index (κ1) is 23.8. The summed E-state index contributed by atoms with van der Waals surface area (Å²) in [6, 6.07) is 13.5. The van der Waals surface area contributed by atoms with E-state index in [2.05, 4.69) is 34.5 Å². The van der Waals surface area contributed by atoms with Crippen LogP contribution in [-0.2, 0) is 0 Å². The number of hydrogen-bond acceptors (Lipinski definition) is 7. The van der Waals surface area contributed by atoms with Gasteiger partial charge in [0.15, 0.2) is 11.6 Å². The molecule has 7 nitrogen and oxygen atoms in total. The molecule has 9 heteroatoms. The Labute approximate surface area is 225 Å². The summed E-state index contributed by atoms with van der Waals surface area (Å²) in [6.07, 6.45) is 1.13. The molecule has 8 rings (SSSR count). The number of anilines is 3. The predicted octanol–water partition coefficient (Wildman–Crippen LogP) is 4.66. The number of aromatic hydroxyl groups is 1. The number of fused-ring (bicyclic) bond motifs is 3. The molecule has 4 aromatic rings.